The van der Waals surface area contributed by atoms with Crippen LogP contribution in [0.1, 0.15) is 99.8 Å². The van der Waals surface area contributed by atoms with Crippen molar-refractivity contribution in [3.8, 4) is 0 Å². The summed E-state index contributed by atoms with van der Waals surface area (Å²) in [4.78, 5) is 30.2. The van der Waals surface area contributed by atoms with Gasteiger partial charge in [-0.2, -0.15) is 5.10 Å². The van der Waals surface area contributed by atoms with E-state index in [9.17, 15) is 9.59 Å². The Hall–Kier alpha value is -2.83. The summed E-state index contributed by atoms with van der Waals surface area (Å²) in [5.74, 6) is 0.609. The zero-order valence-electron chi connectivity index (χ0n) is 23.0. The van der Waals surface area contributed by atoms with Gasteiger partial charge < -0.3 is 14.5 Å². The number of rotatable bonds is 3. The Balaban J connectivity index is 1.51. The highest BCUT2D eigenvalue weighted by Gasteiger charge is 2.36. The SMILES string of the molecule is Cc1ccc(C2CCN(C(=O)c3cnn(C(C)(C)C)c3C3CCN(C(=O)OC(C)(C)C)CC3)C2)cc1. The first kappa shape index (κ1) is 26.2. The summed E-state index contributed by atoms with van der Waals surface area (Å²) in [5, 5.41) is 4.71. The van der Waals surface area contributed by atoms with Gasteiger partial charge in [-0.15, -0.1) is 0 Å². The molecule has 2 aromatic rings. The molecule has 2 aliphatic heterocycles. The fourth-order valence-electron chi connectivity index (χ4n) is 5.34. The topological polar surface area (TPSA) is 67.7 Å². The number of benzene rings is 1. The molecule has 4 rings (SSSR count). The van der Waals surface area contributed by atoms with Crippen LogP contribution in [0.15, 0.2) is 30.5 Å². The van der Waals surface area contributed by atoms with Gasteiger partial charge in [-0.25, -0.2) is 4.79 Å². The molecule has 2 fully saturated rings. The second-order valence-corrected chi connectivity index (χ2v) is 12.4. The second-order valence-electron chi connectivity index (χ2n) is 12.4. The van der Waals surface area contributed by atoms with E-state index in [1.165, 1.54) is 11.1 Å². The van der Waals surface area contributed by atoms with Crippen LogP contribution in [0.2, 0.25) is 0 Å². The number of carbonyl (C=O) groups excluding carboxylic acids is 2. The molecule has 0 radical (unpaired) electrons. The third-order valence-corrected chi connectivity index (χ3v) is 7.23. The average Bonchev–Trinajstić information content (AvgIpc) is 3.46. The maximum Gasteiger partial charge on any atom is 0.410 e. The van der Waals surface area contributed by atoms with Crippen molar-refractivity contribution in [2.24, 2.45) is 0 Å². The highest BCUT2D eigenvalue weighted by molar-refractivity contribution is 5.95. The van der Waals surface area contributed by atoms with Crippen molar-refractivity contribution < 1.29 is 14.3 Å². The van der Waals surface area contributed by atoms with Crippen molar-refractivity contribution in [3.05, 3.63) is 52.8 Å². The Morgan fingerprint density at radius 3 is 2.06 bits per heavy atom. The first-order valence-electron chi connectivity index (χ1n) is 13.3. The monoisotopic (exact) mass is 494 g/mol. The van der Waals surface area contributed by atoms with Crippen LogP contribution in [0, 0.1) is 6.92 Å². The van der Waals surface area contributed by atoms with E-state index in [1.54, 1.807) is 11.1 Å². The molecule has 0 N–H and O–H groups in total. The summed E-state index contributed by atoms with van der Waals surface area (Å²) in [6.07, 6.45) is 4.05. The summed E-state index contributed by atoms with van der Waals surface area (Å²) in [7, 11) is 0. The Morgan fingerprint density at radius 1 is 0.889 bits per heavy atom. The van der Waals surface area contributed by atoms with Crippen molar-refractivity contribution in [1.82, 2.24) is 19.6 Å². The van der Waals surface area contributed by atoms with Gasteiger partial charge in [0.2, 0.25) is 0 Å². The molecule has 7 heteroatoms. The predicted molar refractivity (Wildman–Crippen MR) is 141 cm³/mol. The quantitative estimate of drug-likeness (QED) is 0.550. The number of amides is 2. The smallest absolute Gasteiger partial charge is 0.410 e. The van der Waals surface area contributed by atoms with Crippen LogP contribution in [0.25, 0.3) is 0 Å². The second kappa shape index (κ2) is 9.91. The van der Waals surface area contributed by atoms with E-state index in [-0.39, 0.29) is 23.5 Å². The van der Waals surface area contributed by atoms with Crippen molar-refractivity contribution >= 4 is 12.0 Å². The molecule has 0 saturated carbocycles. The lowest BCUT2D eigenvalue weighted by Crippen LogP contribution is -2.42. The van der Waals surface area contributed by atoms with Crippen molar-refractivity contribution in [2.75, 3.05) is 26.2 Å². The Labute approximate surface area is 215 Å². The van der Waals surface area contributed by atoms with E-state index < -0.39 is 5.60 Å². The largest absolute Gasteiger partial charge is 0.444 e. The van der Waals surface area contributed by atoms with Crippen LogP contribution in [0.3, 0.4) is 0 Å². The standard InChI is InChI=1S/C29H42N4O3/c1-20-8-10-21(11-9-20)23-14-17-32(19-23)26(34)24-18-30-33(28(2,3)4)25(24)22-12-15-31(16-13-22)27(35)36-29(5,6)7/h8-11,18,22-23H,12-17,19H2,1-7H3. The highest BCUT2D eigenvalue weighted by atomic mass is 16.6. The molecule has 1 aromatic carbocycles. The fraction of sp³-hybridized carbons (Fsp3) is 0.621. The first-order chi connectivity index (χ1) is 16.8. The zero-order chi connectivity index (χ0) is 26.3. The van der Waals surface area contributed by atoms with Crippen LogP contribution < -0.4 is 0 Å². The molecule has 196 valence electrons. The number of aryl methyl sites for hydroxylation is 1. The third kappa shape index (κ3) is 5.76. The van der Waals surface area contributed by atoms with E-state index in [4.69, 9.17) is 9.84 Å². The maximum atomic E-state index is 13.8. The summed E-state index contributed by atoms with van der Waals surface area (Å²) in [5.41, 5.74) is 3.52. The number of piperidine rings is 1. The maximum absolute atomic E-state index is 13.8. The zero-order valence-corrected chi connectivity index (χ0v) is 23.0. The van der Waals surface area contributed by atoms with Gasteiger partial charge in [-0.3, -0.25) is 9.48 Å². The van der Waals surface area contributed by atoms with E-state index in [0.29, 0.717) is 24.6 Å². The molecule has 1 unspecified atom stereocenters. The summed E-state index contributed by atoms with van der Waals surface area (Å²) in [6.45, 7) is 16.8. The molecule has 2 saturated heterocycles. The number of hydrogen-bond donors (Lipinski definition) is 0. The minimum absolute atomic E-state index is 0.0738. The van der Waals surface area contributed by atoms with Gasteiger partial charge in [0.25, 0.3) is 5.91 Å². The lowest BCUT2D eigenvalue weighted by molar-refractivity contribution is 0.0201. The molecule has 1 aromatic heterocycles. The lowest BCUT2D eigenvalue weighted by atomic mass is 9.90. The number of carbonyl (C=O) groups is 2. The molecule has 0 aliphatic carbocycles. The fourth-order valence-corrected chi connectivity index (χ4v) is 5.34. The molecule has 0 bridgehead atoms. The van der Waals surface area contributed by atoms with E-state index in [0.717, 1.165) is 38.0 Å². The number of hydrogen-bond acceptors (Lipinski definition) is 4. The summed E-state index contributed by atoms with van der Waals surface area (Å²) < 4.78 is 7.60. The van der Waals surface area contributed by atoms with Gasteiger partial charge in [-0.1, -0.05) is 29.8 Å². The molecular weight excluding hydrogens is 452 g/mol. The Bertz CT molecular complexity index is 1080. The third-order valence-electron chi connectivity index (χ3n) is 7.23. The molecular formula is C29H42N4O3. The number of nitrogens with zero attached hydrogens (tertiary/aromatic N) is 4. The first-order valence-corrected chi connectivity index (χ1v) is 13.3. The minimum atomic E-state index is -0.509. The van der Waals surface area contributed by atoms with Crippen LogP contribution in [-0.4, -0.2) is 63.4 Å². The van der Waals surface area contributed by atoms with Crippen LogP contribution in [0.5, 0.6) is 0 Å². The minimum Gasteiger partial charge on any atom is -0.444 e. The number of ether oxygens (including phenoxy) is 1. The Morgan fingerprint density at radius 2 is 1.47 bits per heavy atom. The number of aromatic nitrogens is 2. The van der Waals surface area contributed by atoms with Crippen LogP contribution in [-0.2, 0) is 10.3 Å². The van der Waals surface area contributed by atoms with Crippen LogP contribution >= 0.6 is 0 Å². The van der Waals surface area contributed by atoms with Crippen molar-refractivity contribution in [2.45, 2.75) is 90.7 Å². The normalized spacial score (nSPS) is 19.6. The molecule has 2 aliphatic rings. The Kier molecular flexibility index (Phi) is 7.22. The van der Waals surface area contributed by atoms with Gasteiger partial charge in [0.1, 0.15) is 5.60 Å². The van der Waals surface area contributed by atoms with E-state index >= 15 is 0 Å². The molecule has 3 heterocycles. The predicted octanol–water partition coefficient (Wildman–Crippen LogP) is 5.69. The molecule has 1 atom stereocenters. The van der Waals surface area contributed by atoms with Gasteiger partial charge in [0, 0.05) is 38.0 Å². The molecule has 2 amide bonds. The van der Waals surface area contributed by atoms with Gasteiger partial charge in [0.15, 0.2) is 0 Å². The van der Waals surface area contributed by atoms with Crippen molar-refractivity contribution in [1.29, 1.82) is 0 Å². The molecule has 36 heavy (non-hydrogen) atoms. The molecule has 7 nitrogen and oxygen atoms in total. The average molecular weight is 495 g/mol. The van der Waals surface area contributed by atoms with Crippen molar-refractivity contribution in [3.63, 3.8) is 0 Å². The molecule has 0 spiro atoms. The lowest BCUT2D eigenvalue weighted by Gasteiger charge is -2.35. The van der Waals surface area contributed by atoms with Crippen LogP contribution in [0.4, 0.5) is 4.79 Å². The summed E-state index contributed by atoms with van der Waals surface area (Å²) in [6, 6.07) is 8.68. The van der Waals surface area contributed by atoms with Gasteiger partial charge in [0.05, 0.1) is 23.0 Å². The highest BCUT2D eigenvalue weighted by Crippen LogP contribution is 2.36. The van der Waals surface area contributed by atoms with Gasteiger partial charge >= 0.3 is 6.09 Å². The van der Waals surface area contributed by atoms with E-state index in [1.807, 2.05) is 30.4 Å². The van der Waals surface area contributed by atoms with E-state index in [2.05, 4.69) is 52.0 Å². The summed E-state index contributed by atoms with van der Waals surface area (Å²) >= 11 is 0. The van der Waals surface area contributed by atoms with Gasteiger partial charge in [-0.05, 0) is 73.3 Å². The number of likely N-dealkylation sites (tertiary alicyclic amines) is 2.